The molecule has 1 aromatic carbocycles. The summed E-state index contributed by atoms with van der Waals surface area (Å²) in [5.74, 6) is -0.797. The Balaban J connectivity index is 1.80. The van der Waals surface area contributed by atoms with E-state index in [9.17, 15) is 8.78 Å². The third-order valence-electron chi connectivity index (χ3n) is 3.72. The highest BCUT2D eigenvalue weighted by Crippen LogP contribution is 2.40. The molecule has 1 aliphatic carbocycles. The summed E-state index contributed by atoms with van der Waals surface area (Å²) in [6, 6.07) is 5.44. The number of nitrogens with one attached hydrogen (secondary N) is 1. The third-order valence-corrected chi connectivity index (χ3v) is 5.06. The fourth-order valence-electron chi connectivity index (χ4n) is 2.74. The Morgan fingerprint density at radius 2 is 2.15 bits per heavy atom. The molecule has 2 unspecified atom stereocenters. The van der Waals surface area contributed by atoms with E-state index in [1.807, 2.05) is 13.0 Å². The number of rotatable bonds is 3. The maximum absolute atomic E-state index is 13.8. The van der Waals surface area contributed by atoms with Crippen molar-refractivity contribution >= 4 is 22.9 Å². The van der Waals surface area contributed by atoms with Gasteiger partial charge in [-0.25, -0.2) is 8.78 Å². The standard InChI is InChI=1S/C15H14ClF2NS/c1-8(10-6-9(17)2-3-12(10)18)19-13-4-5-14-11(13)7-15(16)20-14/h2-3,6-8,13,19H,4-5H2,1H3. The number of hydrogen-bond acceptors (Lipinski definition) is 2. The van der Waals surface area contributed by atoms with Crippen molar-refractivity contribution < 1.29 is 8.78 Å². The van der Waals surface area contributed by atoms with Crippen LogP contribution in [-0.4, -0.2) is 0 Å². The molecule has 0 spiro atoms. The van der Waals surface area contributed by atoms with Crippen molar-refractivity contribution in [2.24, 2.45) is 0 Å². The molecule has 0 amide bonds. The summed E-state index contributed by atoms with van der Waals surface area (Å²) in [6.45, 7) is 1.85. The molecule has 106 valence electrons. The van der Waals surface area contributed by atoms with E-state index in [-0.39, 0.29) is 17.9 Å². The van der Waals surface area contributed by atoms with E-state index in [1.165, 1.54) is 22.6 Å². The van der Waals surface area contributed by atoms with Crippen LogP contribution in [0.2, 0.25) is 4.34 Å². The van der Waals surface area contributed by atoms with Gasteiger partial charge >= 0.3 is 0 Å². The third kappa shape index (κ3) is 2.60. The van der Waals surface area contributed by atoms with Crippen molar-refractivity contribution in [2.75, 3.05) is 0 Å². The monoisotopic (exact) mass is 313 g/mol. The summed E-state index contributed by atoms with van der Waals surface area (Å²) in [5.41, 5.74) is 1.56. The average Bonchev–Trinajstić information content (AvgIpc) is 2.93. The number of halogens is 3. The minimum absolute atomic E-state index is 0.159. The highest BCUT2D eigenvalue weighted by molar-refractivity contribution is 7.16. The molecule has 1 aliphatic rings. The first-order valence-electron chi connectivity index (χ1n) is 6.53. The molecule has 0 aliphatic heterocycles. The van der Waals surface area contributed by atoms with Crippen molar-refractivity contribution in [3.05, 3.63) is 56.2 Å². The lowest BCUT2D eigenvalue weighted by Gasteiger charge is -2.20. The summed E-state index contributed by atoms with van der Waals surface area (Å²) in [6.07, 6.45) is 1.96. The van der Waals surface area contributed by atoms with Crippen LogP contribution in [-0.2, 0) is 6.42 Å². The molecule has 3 rings (SSSR count). The predicted molar refractivity (Wildman–Crippen MR) is 78.3 cm³/mol. The molecule has 1 aromatic heterocycles. The smallest absolute Gasteiger partial charge is 0.128 e. The van der Waals surface area contributed by atoms with Crippen LogP contribution < -0.4 is 5.32 Å². The molecule has 2 atom stereocenters. The Morgan fingerprint density at radius 3 is 2.95 bits per heavy atom. The van der Waals surface area contributed by atoms with E-state index < -0.39 is 5.82 Å². The van der Waals surface area contributed by atoms with Crippen molar-refractivity contribution in [1.29, 1.82) is 0 Å². The summed E-state index contributed by atoms with van der Waals surface area (Å²) < 4.78 is 27.8. The Labute approximate surface area is 125 Å². The fraction of sp³-hybridized carbons (Fsp3) is 0.333. The van der Waals surface area contributed by atoms with Crippen LogP contribution in [0.4, 0.5) is 8.78 Å². The quantitative estimate of drug-likeness (QED) is 0.839. The first-order chi connectivity index (χ1) is 9.54. The number of hydrogen-bond donors (Lipinski definition) is 1. The zero-order valence-electron chi connectivity index (χ0n) is 10.9. The molecule has 1 nitrogen and oxygen atoms in total. The van der Waals surface area contributed by atoms with E-state index in [2.05, 4.69) is 5.32 Å². The summed E-state index contributed by atoms with van der Waals surface area (Å²) in [7, 11) is 0. The van der Waals surface area contributed by atoms with E-state index in [0.29, 0.717) is 5.56 Å². The molecule has 0 bridgehead atoms. The molecule has 0 saturated carbocycles. The summed E-state index contributed by atoms with van der Waals surface area (Å²) in [5, 5.41) is 3.37. The SMILES string of the molecule is CC(NC1CCc2sc(Cl)cc21)c1cc(F)ccc1F. The van der Waals surface area contributed by atoms with Gasteiger partial charge in [-0.2, -0.15) is 0 Å². The van der Waals surface area contributed by atoms with E-state index in [1.54, 1.807) is 11.3 Å². The highest BCUT2D eigenvalue weighted by Gasteiger charge is 2.27. The van der Waals surface area contributed by atoms with Gasteiger partial charge in [0.15, 0.2) is 0 Å². The largest absolute Gasteiger partial charge is 0.303 e. The minimum Gasteiger partial charge on any atom is -0.303 e. The van der Waals surface area contributed by atoms with Crippen molar-refractivity contribution in [3.63, 3.8) is 0 Å². The van der Waals surface area contributed by atoms with Gasteiger partial charge in [0.25, 0.3) is 0 Å². The minimum atomic E-state index is -0.416. The van der Waals surface area contributed by atoms with Crippen LogP contribution in [0.3, 0.4) is 0 Å². The van der Waals surface area contributed by atoms with E-state index in [4.69, 9.17) is 11.6 Å². The van der Waals surface area contributed by atoms with Crippen molar-refractivity contribution in [3.8, 4) is 0 Å². The van der Waals surface area contributed by atoms with Gasteiger partial charge in [-0.05, 0) is 49.6 Å². The Bertz CT molecular complexity index is 641. The molecular formula is C15H14ClF2NS. The topological polar surface area (TPSA) is 12.0 Å². The Kier molecular flexibility index (Phi) is 3.80. The molecule has 1 heterocycles. The van der Waals surface area contributed by atoms with Crippen LogP contribution in [0.25, 0.3) is 0 Å². The van der Waals surface area contributed by atoms with Crippen LogP contribution in [0.15, 0.2) is 24.3 Å². The number of thiophene rings is 1. The van der Waals surface area contributed by atoms with Gasteiger partial charge in [0.05, 0.1) is 4.34 Å². The maximum atomic E-state index is 13.8. The summed E-state index contributed by atoms with van der Waals surface area (Å²) in [4.78, 5) is 1.29. The second kappa shape index (κ2) is 5.43. The molecule has 0 fully saturated rings. The molecule has 0 saturated heterocycles. The van der Waals surface area contributed by atoms with Crippen LogP contribution >= 0.6 is 22.9 Å². The zero-order valence-corrected chi connectivity index (χ0v) is 12.5. The normalized spacial score (nSPS) is 19.1. The Morgan fingerprint density at radius 1 is 1.35 bits per heavy atom. The van der Waals surface area contributed by atoms with Crippen LogP contribution in [0.5, 0.6) is 0 Å². The highest BCUT2D eigenvalue weighted by atomic mass is 35.5. The maximum Gasteiger partial charge on any atom is 0.128 e. The van der Waals surface area contributed by atoms with Gasteiger partial charge in [0.2, 0.25) is 0 Å². The summed E-state index contributed by atoms with van der Waals surface area (Å²) >= 11 is 7.62. The number of benzene rings is 1. The molecule has 2 aromatic rings. The second-order valence-electron chi connectivity index (χ2n) is 5.07. The van der Waals surface area contributed by atoms with Crippen LogP contribution in [0.1, 0.15) is 41.4 Å². The molecule has 1 N–H and O–H groups in total. The molecule has 20 heavy (non-hydrogen) atoms. The lowest BCUT2D eigenvalue weighted by molar-refractivity contribution is 0.447. The zero-order chi connectivity index (χ0) is 14.3. The number of aryl methyl sites for hydroxylation is 1. The van der Waals surface area contributed by atoms with E-state index >= 15 is 0 Å². The van der Waals surface area contributed by atoms with Crippen molar-refractivity contribution in [1.82, 2.24) is 5.32 Å². The average molecular weight is 314 g/mol. The second-order valence-corrected chi connectivity index (χ2v) is 6.84. The molecule has 0 radical (unpaired) electrons. The van der Waals surface area contributed by atoms with Gasteiger partial charge in [0.1, 0.15) is 11.6 Å². The van der Waals surface area contributed by atoms with Gasteiger partial charge in [-0.15, -0.1) is 11.3 Å². The van der Waals surface area contributed by atoms with E-state index in [0.717, 1.165) is 23.2 Å². The van der Waals surface area contributed by atoms with Gasteiger partial charge in [-0.3, -0.25) is 0 Å². The predicted octanol–water partition coefficient (Wildman–Crippen LogP) is 5.02. The fourth-order valence-corrected chi connectivity index (χ4v) is 4.10. The van der Waals surface area contributed by atoms with Gasteiger partial charge < -0.3 is 5.32 Å². The molecular weight excluding hydrogens is 300 g/mol. The van der Waals surface area contributed by atoms with Crippen LogP contribution in [0, 0.1) is 11.6 Å². The first-order valence-corrected chi connectivity index (χ1v) is 7.73. The van der Waals surface area contributed by atoms with Gasteiger partial charge in [0, 0.05) is 22.5 Å². The van der Waals surface area contributed by atoms with Crippen molar-refractivity contribution in [2.45, 2.75) is 31.8 Å². The Hall–Kier alpha value is -0.970. The lowest BCUT2D eigenvalue weighted by atomic mass is 10.0. The first kappa shape index (κ1) is 14.0. The molecule has 5 heteroatoms. The number of fused-ring (bicyclic) bond motifs is 1. The lowest BCUT2D eigenvalue weighted by Crippen LogP contribution is -2.23. The van der Waals surface area contributed by atoms with Gasteiger partial charge in [-0.1, -0.05) is 11.6 Å².